The normalized spacial score (nSPS) is 28.0. The second-order valence-electron chi connectivity index (χ2n) is 2.44. The first kappa shape index (κ1) is 6.99. The molecule has 0 amide bonds. The Hall–Kier alpha value is -0.120. The van der Waals surface area contributed by atoms with E-state index in [2.05, 4.69) is 17.4 Å². The molecule has 1 heterocycles. The molecule has 0 aliphatic carbocycles. The number of hydrogen-bond donors (Lipinski definition) is 1. The summed E-state index contributed by atoms with van der Waals surface area (Å²) < 4.78 is 0. The lowest BCUT2D eigenvalue weighted by Crippen LogP contribution is -2.48. The third-order valence-corrected chi connectivity index (χ3v) is 1.86. The van der Waals surface area contributed by atoms with Crippen LogP contribution in [-0.4, -0.2) is 38.2 Å². The van der Waals surface area contributed by atoms with Crippen molar-refractivity contribution in [3.05, 3.63) is 0 Å². The number of nitrogens with zero attached hydrogens (tertiary/aromatic N) is 1. The van der Waals surface area contributed by atoms with Gasteiger partial charge < -0.3 is 9.74 Å². The highest BCUT2D eigenvalue weighted by Gasteiger charge is 2.23. The molecule has 0 spiro atoms. The molecule has 3 nitrogen and oxygen atoms in total. The Kier molecular flexibility index (Phi) is 2.45. The van der Waals surface area contributed by atoms with E-state index in [1.807, 2.05) is 0 Å². The van der Waals surface area contributed by atoms with E-state index in [9.17, 15) is 0 Å². The first-order chi connectivity index (χ1) is 4.34. The second kappa shape index (κ2) is 3.15. The zero-order valence-electron chi connectivity index (χ0n) is 6.05. The number of rotatable bonds is 3. The van der Waals surface area contributed by atoms with Crippen LogP contribution in [0.2, 0.25) is 0 Å². The summed E-state index contributed by atoms with van der Waals surface area (Å²) >= 11 is 0. The van der Waals surface area contributed by atoms with Crippen LogP contribution in [0.4, 0.5) is 0 Å². The lowest BCUT2D eigenvalue weighted by molar-refractivity contribution is -0.0179. The molecule has 9 heavy (non-hydrogen) atoms. The van der Waals surface area contributed by atoms with Gasteiger partial charge in [-0.25, -0.2) is 5.48 Å². The van der Waals surface area contributed by atoms with Crippen LogP contribution >= 0.6 is 0 Å². The second-order valence-corrected chi connectivity index (χ2v) is 2.44. The standard InChI is InChI=1S/C6H14N2O/c1-7-9-5-6-3-4-8(6)2/h6-7H,3-5H2,1-2H3. The van der Waals surface area contributed by atoms with Crippen molar-refractivity contribution < 1.29 is 4.84 Å². The van der Waals surface area contributed by atoms with Gasteiger partial charge in [0.1, 0.15) is 0 Å². The van der Waals surface area contributed by atoms with Crippen LogP contribution in [0.3, 0.4) is 0 Å². The first-order valence-corrected chi connectivity index (χ1v) is 3.33. The van der Waals surface area contributed by atoms with Gasteiger partial charge in [-0.15, -0.1) is 0 Å². The van der Waals surface area contributed by atoms with Gasteiger partial charge in [0.05, 0.1) is 6.61 Å². The van der Waals surface area contributed by atoms with Gasteiger partial charge in [-0.3, -0.25) is 0 Å². The summed E-state index contributed by atoms with van der Waals surface area (Å²) in [5.41, 5.74) is 2.66. The molecule has 0 radical (unpaired) electrons. The van der Waals surface area contributed by atoms with Gasteiger partial charge in [-0.1, -0.05) is 0 Å². The van der Waals surface area contributed by atoms with Gasteiger partial charge in [0.25, 0.3) is 0 Å². The van der Waals surface area contributed by atoms with Crippen molar-refractivity contribution in [2.45, 2.75) is 12.5 Å². The third kappa shape index (κ3) is 1.64. The molecule has 0 saturated carbocycles. The Morgan fingerprint density at radius 1 is 1.78 bits per heavy atom. The van der Waals surface area contributed by atoms with Crippen LogP contribution in [0.1, 0.15) is 6.42 Å². The molecule has 1 N–H and O–H groups in total. The lowest BCUT2D eigenvalue weighted by Gasteiger charge is -2.37. The highest BCUT2D eigenvalue weighted by Crippen LogP contribution is 2.13. The number of hydroxylamine groups is 1. The molecule has 0 aromatic carbocycles. The topological polar surface area (TPSA) is 24.5 Å². The third-order valence-electron chi connectivity index (χ3n) is 1.86. The molecule has 1 rings (SSSR count). The van der Waals surface area contributed by atoms with Crippen LogP contribution in [-0.2, 0) is 4.84 Å². The Bertz CT molecular complexity index is 87.1. The van der Waals surface area contributed by atoms with E-state index in [1.54, 1.807) is 7.05 Å². The SMILES string of the molecule is CNOCC1CCN1C. The number of likely N-dealkylation sites (tertiary alicyclic amines) is 1. The molecule has 54 valence electrons. The van der Waals surface area contributed by atoms with Gasteiger partial charge in [-0.05, 0) is 20.0 Å². The monoisotopic (exact) mass is 130 g/mol. The average Bonchev–Trinajstić information content (AvgIpc) is 1.86. The van der Waals surface area contributed by atoms with E-state index >= 15 is 0 Å². The predicted molar refractivity (Wildman–Crippen MR) is 36.0 cm³/mol. The van der Waals surface area contributed by atoms with Crippen LogP contribution < -0.4 is 5.48 Å². The summed E-state index contributed by atoms with van der Waals surface area (Å²) in [6.45, 7) is 2.03. The van der Waals surface area contributed by atoms with Crippen molar-refractivity contribution in [1.29, 1.82) is 0 Å². The van der Waals surface area contributed by atoms with Crippen molar-refractivity contribution >= 4 is 0 Å². The summed E-state index contributed by atoms with van der Waals surface area (Å²) in [4.78, 5) is 7.31. The van der Waals surface area contributed by atoms with Crippen molar-refractivity contribution in [2.24, 2.45) is 0 Å². The average molecular weight is 130 g/mol. The molecular weight excluding hydrogens is 116 g/mol. The highest BCUT2D eigenvalue weighted by atomic mass is 16.6. The van der Waals surface area contributed by atoms with E-state index in [0.29, 0.717) is 6.04 Å². The van der Waals surface area contributed by atoms with Crippen molar-refractivity contribution in [3.8, 4) is 0 Å². The largest absolute Gasteiger partial charge is 0.301 e. The van der Waals surface area contributed by atoms with Gasteiger partial charge in [0.15, 0.2) is 0 Å². The van der Waals surface area contributed by atoms with E-state index in [0.717, 1.165) is 6.61 Å². The molecule has 0 bridgehead atoms. The number of hydrogen-bond acceptors (Lipinski definition) is 3. The molecule has 0 aromatic heterocycles. The minimum absolute atomic E-state index is 0.650. The minimum atomic E-state index is 0.650. The van der Waals surface area contributed by atoms with Gasteiger partial charge >= 0.3 is 0 Å². The molecule has 1 aliphatic heterocycles. The summed E-state index contributed by atoms with van der Waals surface area (Å²) in [6.07, 6.45) is 1.28. The highest BCUT2D eigenvalue weighted by molar-refractivity contribution is 4.78. The summed E-state index contributed by atoms with van der Waals surface area (Å²) in [5, 5.41) is 0. The predicted octanol–water partition coefficient (Wildman–Crippen LogP) is -0.159. The zero-order valence-corrected chi connectivity index (χ0v) is 6.05. The Balaban J connectivity index is 1.99. The zero-order chi connectivity index (χ0) is 6.69. The summed E-state index contributed by atoms with van der Waals surface area (Å²) in [6, 6.07) is 0.650. The number of nitrogens with one attached hydrogen (secondary N) is 1. The van der Waals surface area contributed by atoms with E-state index < -0.39 is 0 Å². The minimum Gasteiger partial charge on any atom is -0.301 e. The molecule has 1 saturated heterocycles. The van der Waals surface area contributed by atoms with Crippen LogP contribution in [0.15, 0.2) is 0 Å². The van der Waals surface area contributed by atoms with Crippen molar-refractivity contribution in [2.75, 3.05) is 27.2 Å². The van der Waals surface area contributed by atoms with Gasteiger partial charge in [0, 0.05) is 13.1 Å². The maximum Gasteiger partial charge on any atom is 0.0837 e. The van der Waals surface area contributed by atoms with Crippen LogP contribution in [0.25, 0.3) is 0 Å². The fourth-order valence-electron chi connectivity index (χ4n) is 0.960. The molecule has 1 aliphatic rings. The van der Waals surface area contributed by atoms with Crippen LogP contribution in [0, 0.1) is 0 Å². The Morgan fingerprint density at radius 3 is 2.89 bits per heavy atom. The number of likely N-dealkylation sites (N-methyl/N-ethyl adjacent to an activating group) is 1. The van der Waals surface area contributed by atoms with E-state index in [-0.39, 0.29) is 0 Å². The van der Waals surface area contributed by atoms with Gasteiger partial charge in [0.2, 0.25) is 0 Å². The lowest BCUT2D eigenvalue weighted by atomic mass is 10.1. The Morgan fingerprint density at radius 2 is 2.56 bits per heavy atom. The quantitative estimate of drug-likeness (QED) is 0.537. The molecule has 1 fully saturated rings. The fraction of sp³-hybridized carbons (Fsp3) is 1.00. The van der Waals surface area contributed by atoms with Crippen molar-refractivity contribution in [3.63, 3.8) is 0 Å². The summed E-state index contributed by atoms with van der Waals surface area (Å²) in [7, 11) is 3.91. The van der Waals surface area contributed by atoms with Crippen LogP contribution in [0.5, 0.6) is 0 Å². The molecular formula is C6H14N2O. The van der Waals surface area contributed by atoms with E-state index in [4.69, 9.17) is 4.84 Å². The van der Waals surface area contributed by atoms with Crippen molar-refractivity contribution in [1.82, 2.24) is 10.4 Å². The molecule has 0 aromatic rings. The fourth-order valence-corrected chi connectivity index (χ4v) is 0.960. The molecule has 1 atom stereocenters. The maximum atomic E-state index is 5.02. The maximum absolute atomic E-state index is 5.02. The molecule has 1 unspecified atom stereocenters. The first-order valence-electron chi connectivity index (χ1n) is 3.33. The van der Waals surface area contributed by atoms with Gasteiger partial charge in [-0.2, -0.15) is 0 Å². The smallest absolute Gasteiger partial charge is 0.0837 e. The molecule has 3 heteroatoms. The van der Waals surface area contributed by atoms with E-state index in [1.165, 1.54) is 13.0 Å². The summed E-state index contributed by atoms with van der Waals surface area (Å²) in [5.74, 6) is 0. The Labute approximate surface area is 55.9 Å².